The van der Waals surface area contributed by atoms with E-state index < -0.39 is 0 Å². The second-order valence-electron chi connectivity index (χ2n) is 2.24. The molecule has 0 saturated carbocycles. The fourth-order valence-electron chi connectivity index (χ4n) is 1.01. The van der Waals surface area contributed by atoms with Crippen molar-refractivity contribution in [2.24, 2.45) is 0 Å². The molecular formula is C5H8N4OS. The number of anilines is 1. The van der Waals surface area contributed by atoms with E-state index >= 15 is 0 Å². The molecule has 5 nitrogen and oxygen atoms in total. The number of aromatic nitrogens is 2. The van der Waals surface area contributed by atoms with Crippen molar-refractivity contribution in [2.45, 2.75) is 12.9 Å². The number of hydrogen-bond donors (Lipinski definition) is 4. The molecule has 0 radical (unpaired) electrons. The van der Waals surface area contributed by atoms with Crippen molar-refractivity contribution in [1.82, 2.24) is 15.3 Å². The third kappa shape index (κ3) is 1.20. The van der Waals surface area contributed by atoms with Gasteiger partial charge in [-0.05, 0) is 12.9 Å². The van der Waals surface area contributed by atoms with Crippen LogP contribution in [0.3, 0.4) is 0 Å². The predicted molar refractivity (Wildman–Crippen MR) is 42.9 cm³/mol. The summed E-state index contributed by atoms with van der Waals surface area (Å²) in [6.45, 7) is 0.716. The molecule has 1 aliphatic rings. The molecule has 0 fully saturated rings. The van der Waals surface area contributed by atoms with E-state index in [1.165, 1.54) is 0 Å². The van der Waals surface area contributed by atoms with E-state index in [9.17, 15) is 0 Å². The van der Waals surface area contributed by atoms with Crippen LogP contribution in [0.2, 0.25) is 0 Å². The molecule has 2 rings (SSSR count). The number of rotatable bonds is 1. The molecular weight excluding hydrogens is 164 g/mol. The molecule has 1 aromatic rings. The molecule has 1 unspecified atom stereocenters. The monoisotopic (exact) mass is 172 g/mol. The van der Waals surface area contributed by atoms with Crippen LogP contribution in [0.4, 0.5) is 5.82 Å². The molecule has 6 heteroatoms. The number of imidazole rings is 1. The standard InChI is InChI=1S/C5H8N4OS/c11-10-5-6-1-3-4(9-5)8-2-7-3/h2,5-6,9,11H,1H2,(H,7,8). The predicted octanol–water partition coefficient (Wildman–Crippen LogP) is 0.0698. The number of H-pyrrole nitrogens is 1. The summed E-state index contributed by atoms with van der Waals surface area (Å²) in [6, 6.07) is 0. The van der Waals surface area contributed by atoms with Crippen LogP contribution in [-0.2, 0) is 10.7 Å². The van der Waals surface area contributed by atoms with E-state index in [-0.39, 0.29) is 6.35 Å². The third-order valence-corrected chi connectivity index (χ3v) is 1.77. The lowest BCUT2D eigenvalue weighted by molar-refractivity contribution is 0.223. The van der Waals surface area contributed by atoms with Crippen molar-refractivity contribution in [3.05, 3.63) is 12.0 Å². The van der Waals surface area contributed by atoms with Crippen molar-refractivity contribution in [1.29, 1.82) is 0 Å². The molecule has 2 heterocycles. The summed E-state index contributed by atoms with van der Waals surface area (Å²) < 4.78 is 4.74. The first kappa shape index (κ1) is 6.96. The van der Waals surface area contributed by atoms with Crippen LogP contribution in [-0.4, -0.2) is 16.3 Å². The first-order valence-corrected chi connectivity index (χ1v) is 3.59. The van der Waals surface area contributed by atoms with Gasteiger partial charge >= 0.3 is 0 Å². The van der Waals surface area contributed by atoms with Gasteiger partial charge in [-0.1, -0.05) is 0 Å². The van der Waals surface area contributed by atoms with Crippen molar-refractivity contribution < 1.29 is 4.18 Å². The normalized spacial score (nSPS) is 22.5. The average Bonchev–Trinajstić information content (AvgIpc) is 2.50. The van der Waals surface area contributed by atoms with E-state index in [4.69, 9.17) is 4.18 Å². The topological polar surface area (TPSA) is 62.0 Å². The Hall–Kier alpha value is -0.720. The lowest BCUT2D eigenvalue weighted by Gasteiger charge is -2.22. The first-order chi connectivity index (χ1) is 5.40. The Kier molecular flexibility index (Phi) is 1.72. The van der Waals surface area contributed by atoms with Crippen LogP contribution in [0.1, 0.15) is 5.69 Å². The number of nitrogens with one attached hydrogen (secondary N) is 3. The summed E-state index contributed by atoms with van der Waals surface area (Å²) in [4.78, 5) is 7.02. The zero-order valence-electron chi connectivity index (χ0n) is 5.66. The smallest absolute Gasteiger partial charge is 0.198 e. The quantitative estimate of drug-likeness (QED) is 0.357. The molecule has 1 aliphatic heterocycles. The van der Waals surface area contributed by atoms with Crippen molar-refractivity contribution >= 4 is 18.7 Å². The average molecular weight is 172 g/mol. The first-order valence-electron chi connectivity index (χ1n) is 3.22. The minimum absolute atomic E-state index is 0.255. The maximum absolute atomic E-state index is 4.74. The molecule has 0 spiro atoms. The molecule has 0 aromatic carbocycles. The second-order valence-corrected chi connectivity index (χ2v) is 2.45. The molecule has 1 atom stereocenters. The van der Waals surface area contributed by atoms with E-state index in [0.717, 1.165) is 11.5 Å². The Labute approximate surface area is 69.2 Å². The van der Waals surface area contributed by atoms with Gasteiger partial charge in [0.15, 0.2) is 12.2 Å². The molecule has 11 heavy (non-hydrogen) atoms. The molecule has 1 aromatic heterocycles. The minimum atomic E-state index is -0.255. The zero-order valence-corrected chi connectivity index (χ0v) is 6.56. The SMILES string of the molecule is SOC1NCc2[nH]cnc2N1. The van der Waals surface area contributed by atoms with Crippen LogP contribution in [0.25, 0.3) is 0 Å². The van der Waals surface area contributed by atoms with Gasteiger partial charge < -0.3 is 10.3 Å². The maximum Gasteiger partial charge on any atom is 0.198 e. The summed E-state index contributed by atoms with van der Waals surface area (Å²) in [7, 11) is 0. The van der Waals surface area contributed by atoms with Crippen LogP contribution >= 0.6 is 12.9 Å². The summed E-state index contributed by atoms with van der Waals surface area (Å²) in [5, 5.41) is 6.00. The highest BCUT2D eigenvalue weighted by molar-refractivity contribution is 7.75. The van der Waals surface area contributed by atoms with E-state index in [2.05, 4.69) is 33.5 Å². The molecule has 0 aliphatic carbocycles. The molecule has 0 saturated heterocycles. The van der Waals surface area contributed by atoms with Gasteiger partial charge in [0.05, 0.1) is 12.0 Å². The number of nitrogens with zero attached hydrogens (tertiary/aromatic N) is 1. The highest BCUT2D eigenvalue weighted by Gasteiger charge is 2.17. The fourth-order valence-corrected chi connectivity index (χ4v) is 1.14. The van der Waals surface area contributed by atoms with Gasteiger partial charge in [0.25, 0.3) is 0 Å². The number of thiol groups is 1. The van der Waals surface area contributed by atoms with Crippen molar-refractivity contribution in [3.63, 3.8) is 0 Å². The van der Waals surface area contributed by atoms with Crippen LogP contribution in [0, 0.1) is 0 Å². The Morgan fingerprint density at radius 1 is 1.73 bits per heavy atom. The highest BCUT2D eigenvalue weighted by atomic mass is 32.1. The number of hydrogen-bond acceptors (Lipinski definition) is 5. The highest BCUT2D eigenvalue weighted by Crippen LogP contribution is 2.14. The van der Waals surface area contributed by atoms with Crippen molar-refractivity contribution in [2.75, 3.05) is 5.32 Å². The lowest BCUT2D eigenvalue weighted by Crippen LogP contribution is -2.40. The second kappa shape index (κ2) is 2.72. The van der Waals surface area contributed by atoms with Crippen LogP contribution in [0.15, 0.2) is 6.33 Å². The van der Waals surface area contributed by atoms with E-state index in [1.807, 2.05) is 0 Å². The van der Waals surface area contributed by atoms with Gasteiger partial charge in [-0.15, -0.1) is 0 Å². The fraction of sp³-hybridized carbons (Fsp3) is 0.400. The molecule has 0 amide bonds. The minimum Gasteiger partial charge on any atom is -0.346 e. The summed E-state index contributed by atoms with van der Waals surface area (Å²) in [5.74, 6) is 0.822. The van der Waals surface area contributed by atoms with Gasteiger partial charge in [-0.3, -0.25) is 9.50 Å². The zero-order chi connectivity index (χ0) is 7.68. The van der Waals surface area contributed by atoms with Gasteiger partial charge in [-0.2, -0.15) is 0 Å². The Bertz CT molecular complexity index is 250. The van der Waals surface area contributed by atoms with Crippen molar-refractivity contribution in [3.8, 4) is 0 Å². The largest absolute Gasteiger partial charge is 0.346 e. The number of fused-ring (bicyclic) bond motifs is 1. The van der Waals surface area contributed by atoms with Gasteiger partial charge in [-0.25, -0.2) is 4.98 Å². The summed E-state index contributed by atoms with van der Waals surface area (Å²) >= 11 is 3.67. The third-order valence-electron chi connectivity index (χ3n) is 1.56. The van der Waals surface area contributed by atoms with E-state index in [1.54, 1.807) is 6.33 Å². The van der Waals surface area contributed by atoms with Gasteiger partial charge in [0, 0.05) is 6.54 Å². The molecule has 0 bridgehead atoms. The number of aromatic amines is 1. The molecule has 3 N–H and O–H groups in total. The summed E-state index contributed by atoms with van der Waals surface area (Å²) in [6.07, 6.45) is 1.38. The van der Waals surface area contributed by atoms with Gasteiger partial charge in [0.2, 0.25) is 0 Å². The maximum atomic E-state index is 4.74. The van der Waals surface area contributed by atoms with Crippen LogP contribution in [0.5, 0.6) is 0 Å². The lowest BCUT2D eigenvalue weighted by atomic mass is 10.4. The molecule has 60 valence electrons. The van der Waals surface area contributed by atoms with Gasteiger partial charge in [0.1, 0.15) is 0 Å². The Balaban J connectivity index is 2.18. The Morgan fingerprint density at radius 2 is 2.64 bits per heavy atom. The van der Waals surface area contributed by atoms with E-state index in [0.29, 0.717) is 6.54 Å². The Morgan fingerprint density at radius 3 is 3.45 bits per heavy atom. The summed E-state index contributed by atoms with van der Waals surface area (Å²) in [5.41, 5.74) is 1.03. The van der Waals surface area contributed by atoms with Crippen LogP contribution < -0.4 is 10.6 Å².